The van der Waals surface area contributed by atoms with Crippen LogP contribution in [0.3, 0.4) is 0 Å². The number of nitrogens with one attached hydrogen (secondary N) is 1. The zero-order valence-electron chi connectivity index (χ0n) is 22.4. The topological polar surface area (TPSA) is 85.9 Å². The average Bonchev–Trinajstić information content (AvgIpc) is 3.34. The zero-order chi connectivity index (χ0) is 26.9. The van der Waals surface area contributed by atoms with Gasteiger partial charge in [0, 0.05) is 57.9 Å². The summed E-state index contributed by atoms with van der Waals surface area (Å²) in [6.07, 6.45) is 1.77. The molecule has 3 aromatic rings. The number of piperazine rings is 1. The second kappa shape index (κ2) is 11.3. The number of aryl methyl sites for hydroxylation is 2. The number of rotatable bonds is 7. The molecule has 0 spiro atoms. The van der Waals surface area contributed by atoms with Gasteiger partial charge >= 0.3 is 0 Å². The van der Waals surface area contributed by atoms with Crippen molar-refractivity contribution in [3.05, 3.63) is 53.1 Å². The van der Waals surface area contributed by atoms with Crippen molar-refractivity contribution >= 4 is 42.6 Å². The summed E-state index contributed by atoms with van der Waals surface area (Å²) in [5.74, 6) is 0.378. The van der Waals surface area contributed by atoms with Crippen molar-refractivity contribution < 1.29 is 13.2 Å². The summed E-state index contributed by atoms with van der Waals surface area (Å²) < 4.78 is 28.6. The molecule has 0 bridgehead atoms. The molecule has 2 aliphatic heterocycles. The van der Waals surface area contributed by atoms with E-state index < -0.39 is 10.0 Å². The zero-order valence-corrected chi connectivity index (χ0v) is 24.1. The van der Waals surface area contributed by atoms with Gasteiger partial charge in [0.15, 0.2) is 5.13 Å². The van der Waals surface area contributed by atoms with E-state index in [1.807, 2.05) is 0 Å². The molecule has 10 heteroatoms. The van der Waals surface area contributed by atoms with E-state index in [2.05, 4.69) is 48.0 Å². The van der Waals surface area contributed by atoms with Crippen LogP contribution < -0.4 is 10.2 Å². The van der Waals surface area contributed by atoms with Gasteiger partial charge in [-0.2, -0.15) is 4.31 Å². The summed E-state index contributed by atoms with van der Waals surface area (Å²) >= 11 is 1.76. The highest BCUT2D eigenvalue weighted by molar-refractivity contribution is 7.89. The SMILES string of the molecule is Cc1cc(C)c2nc(N3CCN(CCNC(=O)c4ccc(S(=O)(=O)N5CCC(C)CC5)cc4)CC3)sc2c1. The number of amides is 1. The quantitative estimate of drug-likeness (QED) is 0.476. The fourth-order valence-electron chi connectivity index (χ4n) is 5.24. The van der Waals surface area contributed by atoms with Crippen molar-refractivity contribution in [1.82, 2.24) is 19.5 Å². The molecule has 3 heterocycles. The minimum Gasteiger partial charge on any atom is -0.351 e. The molecule has 0 unspecified atom stereocenters. The summed E-state index contributed by atoms with van der Waals surface area (Å²) in [6, 6.07) is 10.7. The fourth-order valence-corrected chi connectivity index (χ4v) is 7.90. The molecule has 1 aromatic heterocycles. The van der Waals surface area contributed by atoms with E-state index in [-0.39, 0.29) is 10.8 Å². The molecule has 5 rings (SSSR count). The minimum atomic E-state index is -3.51. The maximum absolute atomic E-state index is 12.9. The Bertz CT molecular complexity index is 1390. The molecule has 204 valence electrons. The molecule has 0 aliphatic carbocycles. The number of carbonyl (C=O) groups excluding carboxylic acids is 1. The van der Waals surface area contributed by atoms with Crippen molar-refractivity contribution in [3.63, 3.8) is 0 Å². The molecule has 1 N–H and O–H groups in total. The lowest BCUT2D eigenvalue weighted by atomic mass is 10.0. The molecule has 2 aromatic carbocycles. The third-order valence-corrected chi connectivity index (χ3v) is 10.6. The first kappa shape index (κ1) is 27.1. The number of sulfonamides is 1. The van der Waals surface area contributed by atoms with E-state index >= 15 is 0 Å². The third kappa shape index (κ3) is 5.88. The Labute approximate surface area is 229 Å². The van der Waals surface area contributed by atoms with Gasteiger partial charge < -0.3 is 10.2 Å². The van der Waals surface area contributed by atoms with Crippen LogP contribution in [0.4, 0.5) is 5.13 Å². The predicted octanol–water partition coefficient (Wildman–Crippen LogP) is 3.89. The number of anilines is 1. The van der Waals surface area contributed by atoms with Crippen LogP contribution in [0, 0.1) is 19.8 Å². The molecule has 1 amide bonds. The highest BCUT2D eigenvalue weighted by atomic mass is 32.2. The third-order valence-electron chi connectivity index (χ3n) is 7.67. The monoisotopic (exact) mass is 555 g/mol. The summed E-state index contributed by atoms with van der Waals surface area (Å²) in [4.78, 5) is 22.5. The largest absolute Gasteiger partial charge is 0.351 e. The van der Waals surface area contributed by atoms with Crippen LogP contribution in [-0.2, 0) is 10.0 Å². The molecular formula is C28H37N5O3S2. The van der Waals surface area contributed by atoms with Gasteiger partial charge in [-0.05, 0) is 74.1 Å². The van der Waals surface area contributed by atoms with Crippen molar-refractivity contribution in [2.45, 2.75) is 38.5 Å². The van der Waals surface area contributed by atoms with Gasteiger partial charge in [-0.1, -0.05) is 24.3 Å². The number of fused-ring (bicyclic) bond motifs is 1. The second-order valence-electron chi connectivity index (χ2n) is 10.6. The van der Waals surface area contributed by atoms with E-state index in [1.54, 1.807) is 39.9 Å². The number of hydrogen-bond donors (Lipinski definition) is 1. The summed E-state index contributed by atoms with van der Waals surface area (Å²) in [5, 5.41) is 4.07. The van der Waals surface area contributed by atoms with E-state index in [1.165, 1.54) is 15.8 Å². The molecule has 2 fully saturated rings. The maximum Gasteiger partial charge on any atom is 0.251 e. The summed E-state index contributed by atoms with van der Waals surface area (Å²) in [6.45, 7) is 12.5. The highest BCUT2D eigenvalue weighted by Gasteiger charge is 2.28. The normalized spacial score (nSPS) is 18.2. The smallest absolute Gasteiger partial charge is 0.251 e. The minimum absolute atomic E-state index is 0.181. The molecule has 0 atom stereocenters. The van der Waals surface area contributed by atoms with E-state index in [4.69, 9.17) is 4.98 Å². The molecule has 2 saturated heterocycles. The Kier molecular flexibility index (Phi) is 8.04. The summed E-state index contributed by atoms with van der Waals surface area (Å²) in [7, 11) is -3.51. The van der Waals surface area contributed by atoms with Gasteiger partial charge in [0.2, 0.25) is 10.0 Å². The lowest BCUT2D eigenvalue weighted by molar-refractivity contribution is 0.0947. The van der Waals surface area contributed by atoms with Crippen molar-refractivity contribution in [1.29, 1.82) is 0 Å². The Hall–Kier alpha value is -2.53. The Morgan fingerprint density at radius 1 is 1.03 bits per heavy atom. The number of piperidine rings is 1. The van der Waals surface area contributed by atoms with Gasteiger partial charge in [0.1, 0.15) is 0 Å². The van der Waals surface area contributed by atoms with Gasteiger partial charge in [0.05, 0.1) is 15.1 Å². The molecule has 0 radical (unpaired) electrons. The van der Waals surface area contributed by atoms with Crippen LogP contribution in [-0.4, -0.2) is 80.9 Å². The highest BCUT2D eigenvalue weighted by Crippen LogP contribution is 2.32. The predicted molar refractivity (Wildman–Crippen MR) is 154 cm³/mol. The first-order valence-corrected chi connectivity index (χ1v) is 15.7. The van der Waals surface area contributed by atoms with E-state index in [0.717, 1.165) is 56.2 Å². The molecule has 38 heavy (non-hydrogen) atoms. The van der Waals surface area contributed by atoms with E-state index in [9.17, 15) is 13.2 Å². The number of hydrogen-bond acceptors (Lipinski definition) is 7. The molecule has 0 saturated carbocycles. The molecular weight excluding hydrogens is 518 g/mol. The van der Waals surface area contributed by atoms with Crippen molar-refractivity contribution in [2.75, 3.05) is 57.3 Å². The second-order valence-corrected chi connectivity index (χ2v) is 13.6. The van der Waals surface area contributed by atoms with Crippen molar-refractivity contribution in [2.24, 2.45) is 5.92 Å². The van der Waals surface area contributed by atoms with Crippen LogP contribution >= 0.6 is 11.3 Å². The Morgan fingerprint density at radius 2 is 1.71 bits per heavy atom. The van der Waals surface area contributed by atoms with Crippen LogP contribution in [0.25, 0.3) is 10.2 Å². The standard InChI is InChI=1S/C28H37N5O3S2/c1-20-8-11-33(12-9-20)38(35,36)24-6-4-23(5-7-24)27(34)29-10-13-31-14-16-32(17-15-31)28-30-26-22(3)18-21(2)19-25(26)37-28/h4-7,18-20H,8-17H2,1-3H3,(H,29,34). The maximum atomic E-state index is 12.9. The van der Waals surface area contributed by atoms with Crippen molar-refractivity contribution in [3.8, 4) is 0 Å². The van der Waals surface area contributed by atoms with Crippen LogP contribution in [0.15, 0.2) is 41.3 Å². The lowest BCUT2D eigenvalue weighted by Gasteiger charge is -2.34. The number of nitrogens with zero attached hydrogens (tertiary/aromatic N) is 4. The van der Waals surface area contributed by atoms with Crippen LogP contribution in [0.1, 0.15) is 41.3 Å². The number of thiazole rings is 1. The Morgan fingerprint density at radius 3 is 2.39 bits per heavy atom. The van der Waals surface area contributed by atoms with Gasteiger partial charge in [-0.25, -0.2) is 13.4 Å². The van der Waals surface area contributed by atoms with Gasteiger partial charge in [-0.15, -0.1) is 0 Å². The molecule has 8 nitrogen and oxygen atoms in total. The van der Waals surface area contributed by atoms with E-state index in [0.29, 0.717) is 31.1 Å². The number of carbonyl (C=O) groups is 1. The lowest BCUT2D eigenvalue weighted by Crippen LogP contribution is -2.48. The van der Waals surface area contributed by atoms with Crippen LogP contribution in [0.5, 0.6) is 0 Å². The molecule has 2 aliphatic rings. The first-order valence-electron chi connectivity index (χ1n) is 13.4. The first-order chi connectivity index (χ1) is 18.2. The number of benzene rings is 2. The van der Waals surface area contributed by atoms with Gasteiger partial charge in [0.25, 0.3) is 5.91 Å². The average molecular weight is 556 g/mol. The fraction of sp³-hybridized carbons (Fsp3) is 0.500. The summed E-state index contributed by atoms with van der Waals surface area (Å²) in [5.41, 5.74) is 4.07. The van der Waals surface area contributed by atoms with Gasteiger partial charge in [-0.3, -0.25) is 9.69 Å². The Balaban J connectivity index is 1.08. The van der Waals surface area contributed by atoms with Crippen LogP contribution in [0.2, 0.25) is 0 Å². The number of aromatic nitrogens is 1.